The van der Waals surface area contributed by atoms with Crippen LogP contribution in [0, 0.1) is 17.8 Å². The number of alkyl halides is 3. The summed E-state index contributed by atoms with van der Waals surface area (Å²) in [5.74, 6) is -3.31. The van der Waals surface area contributed by atoms with E-state index in [0.29, 0.717) is 22.2 Å². The molecule has 0 unspecified atom stereocenters. The van der Waals surface area contributed by atoms with Crippen molar-refractivity contribution in [2.24, 2.45) is 17.8 Å². The smallest absolute Gasteiger partial charge is 0.296 e. The maximum Gasteiger partial charge on any atom is 0.416 e. The SMILES string of the molecule is CC(C)[C@@H]1N[C@]2(c3ccccc3-n3c2nc2ccccc2c3=O)[C@H]2C(=O)N(c3cc(C(F)(F)F)ccc3Cl)C(=O)[C@H]12. The van der Waals surface area contributed by atoms with Crippen molar-refractivity contribution in [2.75, 3.05) is 4.90 Å². The number of nitrogens with one attached hydrogen (secondary N) is 1. The van der Waals surface area contributed by atoms with Crippen molar-refractivity contribution in [2.45, 2.75) is 31.6 Å². The van der Waals surface area contributed by atoms with Crippen molar-refractivity contribution in [3.63, 3.8) is 0 Å². The standard InChI is InChI=1S/C30H22ClF3N4O3/c1-14(2)24-22-23(27(41)37(26(22)40)21-13-15(30(32,33)34)11-12-18(21)31)29(36-24)17-8-4-6-10-20(17)38-25(39)16-7-3-5-9-19(16)35-28(29)38/h3-14,22-24,36H,1-2H3/t22-,23+,24-,29+/m0/s1. The topological polar surface area (TPSA) is 84.3 Å². The van der Waals surface area contributed by atoms with E-state index in [4.69, 9.17) is 16.6 Å². The molecule has 0 bridgehead atoms. The number of benzene rings is 3. The molecule has 2 amide bonds. The number of aromatic nitrogens is 2. The van der Waals surface area contributed by atoms with Crippen LogP contribution in [0.1, 0.15) is 30.8 Å². The fourth-order valence-corrected chi connectivity index (χ4v) is 7.02. The lowest BCUT2D eigenvalue weighted by Crippen LogP contribution is -2.51. The van der Waals surface area contributed by atoms with Gasteiger partial charge in [0, 0.05) is 11.6 Å². The third kappa shape index (κ3) is 3.31. The summed E-state index contributed by atoms with van der Waals surface area (Å²) < 4.78 is 42.4. The van der Waals surface area contributed by atoms with Gasteiger partial charge >= 0.3 is 6.18 Å². The third-order valence-corrected chi connectivity index (χ3v) is 8.85. The molecule has 1 aromatic heterocycles. The number of fused-ring (bicyclic) bond motifs is 8. The van der Waals surface area contributed by atoms with Crippen molar-refractivity contribution < 1.29 is 22.8 Å². The molecular formula is C30H22ClF3N4O3. The number of halogens is 4. The lowest BCUT2D eigenvalue weighted by Gasteiger charge is -2.32. The summed E-state index contributed by atoms with van der Waals surface area (Å²) in [5.41, 5.74) is -1.52. The van der Waals surface area contributed by atoms with Crippen molar-refractivity contribution in [3.8, 4) is 5.69 Å². The highest BCUT2D eigenvalue weighted by atomic mass is 35.5. The number of nitrogens with zero attached hydrogens (tertiary/aromatic N) is 3. The van der Waals surface area contributed by atoms with Gasteiger partial charge in [0.15, 0.2) is 0 Å². The van der Waals surface area contributed by atoms with Crippen LogP contribution in [-0.2, 0) is 21.3 Å². The van der Waals surface area contributed by atoms with Gasteiger partial charge in [0.05, 0.1) is 44.7 Å². The highest BCUT2D eigenvalue weighted by Gasteiger charge is 2.70. The predicted molar refractivity (Wildman–Crippen MR) is 146 cm³/mol. The Balaban J connectivity index is 1.51. The highest BCUT2D eigenvalue weighted by molar-refractivity contribution is 6.36. The zero-order valence-corrected chi connectivity index (χ0v) is 22.5. The second kappa shape index (κ2) is 8.50. The van der Waals surface area contributed by atoms with Gasteiger partial charge in [0.1, 0.15) is 11.4 Å². The minimum absolute atomic E-state index is 0.157. The molecular weight excluding hydrogens is 557 g/mol. The third-order valence-electron chi connectivity index (χ3n) is 8.53. The highest BCUT2D eigenvalue weighted by Crippen LogP contribution is 2.57. The monoisotopic (exact) mass is 578 g/mol. The largest absolute Gasteiger partial charge is 0.416 e. The number of hydrogen-bond donors (Lipinski definition) is 1. The fourth-order valence-electron chi connectivity index (χ4n) is 6.82. The van der Waals surface area contributed by atoms with E-state index >= 15 is 0 Å². The molecule has 208 valence electrons. The molecule has 7 rings (SSSR count). The summed E-state index contributed by atoms with van der Waals surface area (Å²) in [6.07, 6.45) is -4.71. The molecule has 1 spiro atoms. The molecule has 3 aromatic carbocycles. The lowest BCUT2D eigenvalue weighted by molar-refractivity contribution is -0.137. The van der Waals surface area contributed by atoms with Crippen LogP contribution in [0.25, 0.3) is 16.6 Å². The van der Waals surface area contributed by atoms with Gasteiger partial charge in [0.2, 0.25) is 11.8 Å². The second-order valence-electron chi connectivity index (χ2n) is 11.0. The van der Waals surface area contributed by atoms with Gasteiger partial charge in [-0.15, -0.1) is 0 Å². The van der Waals surface area contributed by atoms with Gasteiger partial charge in [0.25, 0.3) is 5.56 Å². The molecule has 4 atom stereocenters. The van der Waals surface area contributed by atoms with Crippen molar-refractivity contribution in [1.82, 2.24) is 14.9 Å². The van der Waals surface area contributed by atoms with Crippen molar-refractivity contribution in [3.05, 3.63) is 99.1 Å². The summed E-state index contributed by atoms with van der Waals surface area (Å²) in [6, 6.07) is 16.0. The summed E-state index contributed by atoms with van der Waals surface area (Å²) in [5, 5.41) is 3.79. The van der Waals surface area contributed by atoms with Gasteiger partial charge < -0.3 is 0 Å². The first-order chi connectivity index (χ1) is 19.5. The summed E-state index contributed by atoms with van der Waals surface area (Å²) in [4.78, 5) is 48.0. The van der Waals surface area contributed by atoms with Crippen LogP contribution in [0.15, 0.2) is 71.5 Å². The molecule has 1 N–H and O–H groups in total. The van der Waals surface area contributed by atoms with E-state index in [2.05, 4.69) is 5.32 Å². The maximum atomic E-state index is 14.4. The minimum atomic E-state index is -4.71. The van der Waals surface area contributed by atoms with Crippen LogP contribution in [0.4, 0.5) is 18.9 Å². The van der Waals surface area contributed by atoms with E-state index in [1.54, 1.807) is 48.5 Å². The van der Waals surface area contributed by atoms with Gasteiger partial charge in [-0.25, -0.2) is 9.88 Å². The normalized spacial score (nSPS) is 25.0. The second-order valence-corrected chi connectivity index (χ2v) is 11.4. The Labute approximate surface area is 236 Å². The fraction of sp³-hybridized carbons (Fsp3) is 0.267. The molecule has 11 heteroatoms. The van der Waals surface area contributed by atoms with Crippen LogP contribution in [0.5, 0.6) is 0 Å². The average Bonchev–Trinajstić information content (AvgIpc) is 3.52. The van der Waals surface area contributed by atoms with Gasteiger partial charge in [-0.05, 0) is 42.3 Å². The number of amides is 2. The first kappa shape index (κ1) is 25.9. The first-order valence-electron chi connectivity index (χ1n) is 13.1. The van der Waals surface area contributed by atoms with E-state index in [-0.39, 0.29) is 28.0 Å². The number of imide groups is 1. The number of carbonyl (C=O) groups excluding carboxylic acids is 2. The molecule has 4 aromatic rings. The Morgan fingerprint density at radius 2 is 1.66 bits per heavy atom. The number of rotatable bonds is 2. The van der Waals surface area contributed by atoms with Gasteiger partial charge in [-0.1, -0.05) is 55.8 Å². The molecule has 0 radical (unpaired) electrons. The van der Waals surface area contributed by atoms with Crippen LogP contribution in [0.2, 0.25) is 5.02 Å². The molecule has 2 fully saturated rings. The van der Waals surface area contributed by atoms with Crippen molar-refractivity contribution >= 4 is 40.0 Å². The van der Waals surface area contributed by atoms with E-state index in [9.17, 15) is 27.6 Å². The molecule has 3 aliphatic heterocycles. The number of carbonyl (C=O) groups is 2. The molecule has 4 heterocycles. The molecule has 0 saturated carbocycles. The number of anilines is 1. The predicted octanol–water partition coefficient (Wildman–Crippen LogP) is 5.05. The van der Waals surface area contributed by atoms with Crippen LogP contribution >= 0.6 is 11.6 Å². The van der Waals surface area contributed by atoms with E-state index in [1.165, 1.54) is 4.57 Å². The Kier molecular flexibility index (Phi) is 5.37. The Bertz CT molecular complexity index is 1870. The quantitative estimate of drug-likeness (QED) is 0.337. The summed E-state index contributed by atoms with van der Waals surface area (Å²) in [7, 11) is 0. The Morgan fingerprint density at radius 3 is 2.39 bits per heavy atom. The Hall–Kier alpha value is -4.02. The zero-order valence-electron chi connectivity index (χ0n) is 21.7. The van der Waals surface area contributed by atoms with E-state index in [0.717, 1.165) is 23.1 Å². The van der Waals surface area contributed by atoms with Crippen LogP contribution < -0.4 is 15.8 Å². The lowest BCUT2D eigenvalue weighted by atomic mass is 9.75. The van der Waals surface area contributed by atoms with Gasteiger partial charge in [-0.3, -0.25) is 24.3 Å². The Morgan fingerprint density at radius 1 is 0.951 bits per heavy atom. The van der Waals surface area contributed by atoms with Gasteiger partial charge in [-0.2, -0.15) is 13.2 Å². The molecule has 7 nitrogen and oxygen atoms in total. The zero-order chi connectivity index (χ0) is 29.0. The molecule has 2 saturated heterocycles. The molecule has 0 aliphatic carbocycles. The molecule has 41 heavy (non-hydrogen) atoms. The van der Waals surface area contributed by atoms with E-state index in [1.807, 2.05) is 13.8 Å². The van der Waals surface area contributed by atoms with Crippen LogP contribution in [-0.4, -0.2) is 27.4 Å². The number of para-hydroxylation sites is 2. The van der Waals surface area contributed by atoms with Crippen molar-refractivity contribution in [1.29, 1.82) is 0 Å². The van der Waals surface area contributed by atoms with E-state index < -0.39 is 47.0 Å². The average molecular weight is 579 g/mol. The summed E-state index contributed by atoms with van der Waals surface area (Å²) in [6.45, 7) is 3.79. The summed E-state index contributed by atoms with van der Waals surface area (Å²) >= 11 is 6.33. The maximum absolute atomic E-state index is 14.4. The molecule has 3 aliphatic rings. The minimum Gasteiger partial charge on any atom is -0.296 e. The van der Waals surface area contributed by atoms with Crippen LogP contribution in [0.3, 0.4) is 0 Å². The number of hydrogen-bond acceptors (Lipinski definition) is 5. The first-order valence-corrected chi connectivity index (χ1v) is 13.5.